The molecule has 1 aromatic rings. The Kier molecular flexibility index (Phi) is 3.49. The van der Waals surface area contributed by atoms with Crippen molar-refractivity contribution in [2.75, 3.05) is 5.32 Å². The molecule has 4 aliphatic rings. The Morgan fingerprint density at radius 1 is 1.14 bits per heavy atom. The van der Waals surface area contributed by atoms with Gasteiger partial charge in [0.1, 0.15) is 0 Å². The highest BCUT2D eigenvalue weighted by Crippen LogP contribution is 2.52. The van der Waals surface area contributed by atoms with Crippen molar-refractivity contribution in [3.05, 3.63) is 40.6 Å². The average Bonchev–Trinajstić information content (AvgIpc) is 2.48. The van der Waals surface area contributed by atoms with Crippen LogP contribution in [0.4, 0.5) is 10.5 Å². The molecular formula is C17H19ClN2O2. The molecule has 0 aliphatic heterocycles. The van der Waals surface area contributed by atoms with Crippen LogP contribution in [0.1, 0.15) is 32.1 Å². The summed E-state index contributed by atoms with van der Waals surface area (Å²) in [7, 11) is 0. The highest BCUT2D eigenvalue weighted by Gasteiger charge is 2.42. The molecule has 4 bridgehead atoms. The molecule has 0 radical (unpaired) electrons. The third-order valence-corrected chi connectivity index (χ3v) is 5.46. The molecule has 0 spiro atoms. The maximum atomic E-state index is 11.9. The van der Waals surface area contributed by atoms with E-state index < -0.39 is 6.09 Å². The number of hydroxylamine groups is 1. The van der Waals surface area contributed by atoms with Gasteiger partial charge in [-0.05, 0) is 61.6 Å². The predicted octanol–water partition coefficient (Wildman–Crippen LogP) is 4.49. The molecule has 116 valence electrons. The number of carbonyl (C=O) groups is 1. The van der Waals surface area contributed by atoms with Crippen LogP contribution in [0, 0.1) is 17.8 Å². The van der Waals surface area contributed by atoms with Gasteiger partial charge in [-0.3, -0.25) is 5.32 Å². The SMILES string of the molecule is O=C(Nc1ccccc1Cl)ONC1=C2CC3CC(C2)CC1C3. The number of para-hydroxylation sites is 1. The zero-order chi connectivity index (χ0) is 15.1. The molecule has 4 nitrogen and oxygen atoms in total. The van der Waals surface area contributed by atoms with Crippen LogP contribution in [0.25, 0.3) is 0 Å². The van der Waals surface area contributed by atoms with Crippen molar-refractivity contribution < 1.29 is 9.63 Å². The van der Waals surface area contributed by atoms with Gasteiger partial charge in [-0.1, -0.05) is 23.7 Å². The van der Waals surface area contributed by atoms with E-state index in [0.29, 0.717) is 16.6 Å². The molecule has 2 atom stereocenters. The smallest absolute Gasteiger partial charge is 0.324 e. The molecule has 1 aromatic carbocycles. The maximum Gasteiger partial charge on any atom is 0.435 e. The van der Waals surface area contributed by atoms with Crippen LogP contribution in [0.15, 0.2) is 35.5 Å². The lowest BCUT2D eigenvalue weighted by molar-refractivity contribution is 0.0831. The molecule has 1 amide bonds. The summed E-state index contributed by atoms with van der Waals surface area (Å²) >= 11 is 6.02. The van der Waals surface area contributed by atoms with Crippen molar-refractivity contribution >= 4 is 23.4 Å². The number of nitrogens with one attached hydrogen (secondary N) is 2. The molecule has 0 saturated heterocycles. The molecule has 0 heterocycles. The van der Waals surface area contributed by atoms with Crippen LogP contribution < -0.4 is 10.8 Å². The quantitative estimate of drug-likeness (QED) is 0.807. The maximum absolute atomic E-state index is 11.9. The van der Waals surface area contributed by atoms with Crippen LogP contribution in [0.3, 0.4) is 0 Å². The minimum absolute atomic E-state index is 0.496. The number of benzene rings is 1. The van der Waals surface area contributed by atoms with Crippen LogP contribution in [0.2, 0.25) is 5.02 Å². The second-order valence-electron chi connectivity index (χ2n) is 6.66. The Hall–Kier alpha value is -1.68. The lowest BCUT2D eigenvalue weighted by Gasteiger charge is -2.47. The second kappa shape index (κ2) is 5.51. The summed E-state index contributed by atoms with van der Waals surface area (Å²) in [5.41, 5.74) is 6.10. The molecule has 5 rings (SSSR count). The molecule has 5 heteroatoms. The Morgan fingerprint density at radius 2 is 1.86 bits per heavy atom. The van der Waals surface area contributed by atoms with E-state index in [-0.39, 0.29) is 0 Å². The first-order valence-corrected chi connectivity index (χ1v) is 8.27. The van der Waals surface area contributed by atoms with Crippen LogP contribution in [0.5, 0.6) is 0 Å². The van der Waals surface area contributed by atoms with Gasteiger partial charge in [-0.2, -0.15) is 0 Å². The molecule has 0 aromatic heterocycles. The van der Waals surface area contributed by atoms with Crippen molar-refractivity contribution in [1.29, 1.82) is 0 Å². The van der Waals surface area contributed by atoms with Crippen molar-refractivity contribution in [3.8, 4) is 0 Å². The van der Waals surface area contributed by atoms with Gasteiger partial charge in [0.2, 0.25) is 0 Å². The lowest BCUT2D eigenvalue weighted by atomic mass is 9.60. The first-order chi connectivity index (χ1) is 10.7. The molecule has 2 unspecified atom stereocenters. The summed E-state index contributed by atoms with van der Waals surface area (Å²) in [6, 6.07) is 7.11. The summed E-state index contributed by atoms with van der Waals surface area (Å²) in [6.07, 6.45) is 5.67. The number of rotatable bonds is 3. The first-order valence-electron chi connectivity index (χ1n) is 7.89. The van der Waals surface area contributed by atoms with Gasteiger partial charge in [0.25, 0.3) is 0 Å². The van der Waals surface area contributed by atoms with Gasteiger partial charge in [0.15, 0.2) is 0 Å². The third kappa shape index (κ3) is 2.56. The first kappa shape index (κ1) is 13.9. The van der Waals surface area contributed by atoms with Crippen molar-refractivity contribution in [1.82, 2.24) is 5.48 Å². The Balaban J connectivity index is 1.39. The number of hydrogen-bond donors (Lipinski definition) is 2. The van der Waals surface area contributed by atoms with E-state index in [2.05, 4.69) is 10.8 Å². The molecule has 2 fully saturated rings. The second-order valence-corrected chi connectivity index (χ2v) is 7.07. The standard InChI is InChI=1S/C17H19ClN2O2/c18-14-3-1-2-4-15(14)19-17(21)22-20-16-12-6-10-5-11(8-12)9-13(16)7-10/h1-4,10-12,20H,5-9H2,(H,19,21). The number of hydrogen-bond acceptors (Lipinski definition) is 3. The number of allylic oxidation sites excluding steroid dienone is 2. The van der Waals surface area contributed by atoms with Crippen molar-refractivity contribution in [2.45, 2.75) is 32.1 Å². The zero-order valence-corrected chi connectivity index (χ0v) is 13.0. The topological polar surface area (TPSA) is 50.4 Å². The van der Waals surface area contributed by atoms with Gasteiger partial charge < -0.3 is 4.84 Å². The summed E-state index contributed by atoms with van der Waals surface area (Å²) in [4.78, 5) is 17.1. The minimum atomic E-state index is -0.532. The van der Waals surface area contributed by atoms with E-state index in [0.717, 1.165) is 17.5 Å². The molecular weight excluding hydrogens is 300 g/mol. The normalized spacial score (nSPS) is 28.7. The van der Waals surface area contributed by atoms with Crippen molar-refractivity contribution in [2.24, 2.45) is 17.8 Å². The van der Waals surface area contributed by atoms with E-state index in [1.54, 1.807) is 12.1 Å². The highest BCUT2D eigenvalue weighted by molar-refractivity contribution is 6.33. The van der Waals surface area contributed by atoms with E-state index in [4.69, 9.17) is 16.4 Å². The zero-order valence-electron chi connectivity index (χ0n) is 12.3. The third-order valence-electron chi connectivity index (χ3n) is 5.13. The largest absolute Gasteiger partial charge is 0.435 e. The Morgan fingerprint density at radius 3 is 2.55 bits per heavy atom. The fraction of sp³-hybridized carbons (Fsp3) is 0.471. The minimum Gasteiger partial charge on any atom is -0.324 e. The molecule has 2 saturated carbocycles. The number of halogens is 1. The number of anilines is 1. The summed E-state index contributed by atoms with van der Waals surface area (Å²) in [5, 5.41) is 3.15. The van der Waals surface area contributed by atoms with Crippen LogP contribution in [-0.4, -0.2) is 6.09 Å². The summed E-state index contributed by atoms with van der Waals surface area (Å²) in [5.74, 6) is 2.26. The molecule has 2 N–H and O–H groups in total. The fourth-order valence-corrected chi connectivity index (χ4v) is 4.56. The monoisotopic (exact) mass is 318 g/mol. The fourth-order valence-electron chi connectivity index (χ4n) is 4.38. The van der Waals surface area contributed by atoms with Gasteiger partial charge in [0, 0.05) is 5.92 Å². The van der Waals surface area contributed by atoms with E-state index in [9.17, 15) is 4.79 Å². The van der Waals surface area contributed by atoms with E-state index in [1.165, 1.54) is 37.7 Å². The van der Waals surface area contributed by atoms with Gasteiger partial charge in [0.05, 0.1) is 16.4 Å². The number of carbonyl (C=O) groups excluding carboxylic acids is 1. The highest BCUT2D eigenvalue weighted by atomic mass is 35.5. The van der Waals surface area contributed by atoms with Crippen LogP contribution >= 0.6 is 11.6 Å². The number of amides is 1. The summed E-state index contributed by atoms with van der Waals surface area (Å²) in [6.45, 7) is 0. The lowest BCUT2D eigenvalue weighted by Crippen LogP contribution is -2.40. The van der Waals surface area contributed by atoms with Gasteiger partial charge in [-0.15, -0.1) is 0 Å². The molecule has 22 heavy (non-hydrogen) atoms. The molecule has 4 aliphatic carbocycles. The van der Waals surface area contributed by atoms with E-state index >= 15 is 0 Å². The Labute approximate surface area is 134 Å². The van der Waals surface area contributed by atoms with Gasteiger partial charge in [-0.25, -0.2) is 10.3 Å². The van der Waals surface area contributed by atoms with Crippen molar-refractivity contribution in [3.63, 3.8) is 0 Å². The summed E-state index contributed by atoms with van der Waals surface area (Å²) < 4.78 is 0. The predicted molar refractivity (Wildman–Crippen MR) is 85.3 cm³/mol. The van der Waals surface area contributed by atoms with Crippen LogP contribution in [-0.2, 0) is 4.84 Å². The van der Waals surface area contributed by atoms with Gasteiger partial charge >= 0.3 is 6.09 Å². The van der Waals surface area contributed by atoms with E-state index in [1.807, 2.05) is 12.1 Å². The average molecular weight is 319 g/mol. The Bertz CT molecular complexity index is 627.